The molecule has 6 heteroatoms. The second kappa shape index (κ2) is 7.11. The fourth-order valence-corrected chi connectivity index (χ4v) is 2.35. The van der Waals surface area contributed by atoms with Gasteiger partial charge in [0, 0.05) is 18.5 Å². The first-order valence-corrected chi connectivity index (χ1v) is 6.52. The third-order valence-electron chi connectivity index (χ3n) is 3.36. The molecule has 1 aliphatic heterocycles. The number of rotatable bonds is 4. The lowest BCUT2D eigenvalue weighted by molar-refractivity contribution is -0.146. The molecule has 19 heavy (non-hydrogen) atoms. The average Bonchev–Trinajstić information content (AvgIpc) is 2.37. The van der Waals surface area contributed by atoms with E-state index < -0.39 is 5.97 Å². The topological polar surface area (TPSA) is 72.9 Å². The zero-order valence-corrected chi connectivity index (χ0v) is 11.7. The number of Topliss-reactive ketones (excluding diaryl/α,β-unsaturated/α-hetero) is 1. The Balaban J connectivity index is 2.49. The lowest BCUT2D eigenvalue weighted by Gasteiger charge is -2.35. The molecule has 0 aromatic heterocycles. The molecule has 0 N–H and O–H groups in total. The second-order valence-electron chi connectivity index (χ2n) is 4.68. The maximum absolute atomic E-state index is 11.9. The van der Waals surface area contributed by atoms with Crippen molar-refractivity contribution in [1.29, 1.82) is 0 Å². The Morgan fingerprint density at radius 2 is 2.00 bits per heavy atom. The number of amides is 1. The molecule has 0 spiro atoms. The molecule has 1 rings (SSSR count). The molecule has 1 amide bonds. The minimum absolute atomic E-state index is 0.0580. The molecule has 1 saturated heterocycles. The minimum atomic E-state index is -0.476. The number of methoxy groups -OCH3 is 1. The molecule has 0 bridgehead atoms. The van der Waals surface area contributed by atoms with Crippen LogP contribution in [0, 0.1) is 5.92 Å². The standard InChI is InChI=1S/C13H21NO5/c1-4-19-12(16)8-11(15)10-5-6-14(9(2)7-10)13(17)18-3/h9-10H,4-8H2,1-3H3. The molecule has 2 unspecified atom stereocenters. The Kier molecular flexibility index (Phi) is 5.79. The maximum Gasteiger partial charge on any atom is 0.409 e. The van der Waals surface area contributed by atoms with Gasteiger partial charge in [-0.25, -0.2) is 4.79 Å². The number of hydrogen-bond acceptors (Lipinski definition) is 5. The summed E-state index contributed by atoms with van der Waals surface area (Å²) in [5, 5.41) is 0. The molecule has 6 nitrogen and oxygen atoms in total. The van der Waals surface area contributed by atoms with Gasteiger partial charge in [0.2, 0.25) is 0 Å². The van der Waals surface area contributed by atoms with Crippen LogP contribution in [0.25, 0.3) is 0 Å². The van der Waals surface area contributed by atoms with Crippen molar-refractivity contribution in [3.05, 3.63) is 0 Å². The Bertz CT molecular complexity index is 355. The van der Waals surface area contributed by atoms with Crippen molar-refractivity contribution in [3.8, 4) is 0 Å². The van der Waals surface area contributed by atoms with E-state index in [2.05, 4.69) is 4.74 Å². The number of ether oxygens (including phenoxy) is 2. The van der Waals surface area contributed by atoms with Gasteiger partial charge in [-0.1, -0.05) is 0 Å². The van der Waals surface area contributed by atoms with Gasteiger partial charge in [0.15, 0.2) is 0 Å². The molecule has 2 atom stereocenters. The van der Waals surface area contributed by atoms with E-state index >= 15 is 0 Å². The predicted octanol–water partition coefficient (Wildman–Crippen LogP) is 1.38. The summed E-state index contributed by atoms with van der Waals surface area (Å²) in [6.45, 7) is 4.34. The van der Waals surface area contributed by atoms with Gasteiger partial charge >= 0.3 is 12.1 Å². The van der Waals surface area contributed by atoms with Crippen LogP contribution in [0.15, 0.2) is 0 Å². The summed E-state index contributed by atoms with van der Waals surface area (Å²) in [7, 11) is 1.34. The number of hydrogen-bond donors (Lipinski definition) is 0. The van der Waals surface area contributed by atoms with Crippen molar-refractivity contribution in [2.24, 2.45) is 5.92 Å². The predicted molar refractivity (Wildman–Crippen MR) is 67.6 cm³/mol. The number of likely N-dealkylation sites (tertiary alicyclic amines) is 1. The van der Waals surface area contributed by atoms with E-state index in [1.165, 1.54) is 7.11 Å². The smallest absolute Gasteiger partial charge is 0.409 e. The van der Waals surface area contributed by atoms with Crippen LogP contribution in [-0.2, 0) is 19.1 Å². The molecular weight excluding hydrogens is 250 g/mol. The summed E-state index contributed by atoms with van der Waals surface area (Å²) in [5.41, 5.74) is 0. The molecule has 1 heterocycles. The van der Waals surface area contributed by atoms with Gasteiger partial charge in [-0.15, -0.1) is 0 Å². The van der Waals surface area contributed by atoms with Crippen molar-refractivity contribution < 1.29 is 23.9 Å². The summed E-state index contributed by atoms with van der Waals surface area (Å²) in [6.07, 6.45) is 0.581. The lowest BCUT2D eigenvalue weighted by atomic mass is 9.87. The Hall–Kier alpha value is -1.59. The Labute approximate surface area is 113 Å². The first-order valence-electron chi connectivity index (χ1n) is 6.52. The zero-order valence-electron chi connectivity index (χ0n) is 11.7. The number of carbonyl (C=O) groups excluding carboxylic acids is 3. The maximum atomic E-state index is 11.9. The third-order valence-corrected chi connectivity index (χ3v) is 3.36. The highest BCUT2D eigenvalue weighted by atomic mass is 16.5. The van der Waals surface area contributed by atoms with Gasteiger partial charge in [0.05, 0.1) is 13.7 Å². The van der Waals surface area contributed by atoms with Crippen LogP contribution in [0.5, 0.6) is 0 Å². The van der Waals surface area contributed by atoms with E-state index in [1.54, 1.807) is 11.8 Å². The quantitative estimate of drug-likeness (QED) is 0.570. The molecular formula is C13H21NO5. The summed E-state index contributed by atoms with van der Waals surface area (Å²) in [5.74, 6) is -0.759. The van der Waals surface area contributed by atoms with Crippen LogP contribution in [0.4, 0.5) is 4.79 Å². The molecule has 0 aromatic carbocycles. The summed E-state index contributed by atoms with van der Waals surface area (Å²) in [6, 6.07) is -0.0580. The number of piperidine rings is 1. The van der Waals surface area contributed by atoms with Crippen molar-refractivity contribution in [1.82, 2.24) is 4.90 Å². The van der Waals surface area contributed by atoms with Crippen molar-refractivity contribution in [3.63, 3.8) is 0 Å². The SMILES string of the molecule is CCOC(=O)CC(=O)C1CCN(C(=O)OC)C(C)C1. The van der Waals surface area contributed by atoms with Crippen molar-refractivity contribution >= 4 is 17.8 Å². The number of nitrogens with zero attached hydrogens (tertiary/aromatic N) is 1. The lowest BCUT2D eigenvalue weighted by Crippen LogP contribution is -2.46. The van der Waals surface area contributed by atoms with Gasteiger partial charge in [-0.3, -0.25) is 9.59 Å². The van der Waals surface area contributed by atoms with E-state index in [0.717, 1.165) is 0 Å². The van der Waals surface area contributed by atoms with Crippen LogP contribution >= 0.6 is 0 Å². The molecule has 1 fully saturated rings. The number of ketones is 1. The normalized spacial score (nSPS) is 22.8. The highest BCUT2D eigenvalue weighted by Crippen LogP contribution is 2.25. The van der Waals surface area contributed by atoms with E-state index in [-0.39, 0.29) is 36.9 Å². The number of esters is 1. The first-order chi connectivity index (χ1) is 8.99. The molecule has 108 valence electrons. The van der Waals surface area contributed by atoms with Crippen molar-refractivity contribution in [2.45, 2.75) is 39.2 Å². The van der Waals surface area contributed by atoms with E-state index in [4.69, 9.17) is 4.74 Å². The fraction of sp³-hybridized carbons (Fsp3) is 0.769. The van der Waals surface area contributed by atoms with Gasteiger partial charge in [-0.2, -0.15) is 0 Å². The van der Waals surface area contributed by atoms with E-state index in [0.29, 0.717) is 19.4 Å². The summed E-state index contributed by atoms with van der Waals surface area (Å²) in [4.78, 5) is 36.3. The molecule has 0 aromatic rings. The minimum Gasteiger partial charge on any atom is -0.466 e. The van der Waals surface area contributed by atoms with Crippen LogP contribution in [0.3, 0.4) is 0 Å². The highest BCUT2D eigenvalue weighted by molar-refractivity contribution is 5.96. The van der Waals surface area contributed by atoms with E-state index in [9.17, 15) is 14.4 Å². The van der Waals surface area contributed by atoms with Gasteiger partial charge in [-0.05, 0) is 26.7 Å². The van der Waals surface area contributed by atoms with E-state index in [1.807, 2.05) is 6.92 Å². The zero-order chi connectivity index (χ0) is 14.4. The van der Waals surface area contributed by atoms with Crippen LogP contribution in [0.1, 0.15) is 33.1 Å². The van der Waals surface area contributed by atoms with Crippen LogP contribution in [0.2, 0.25) is 0 Å². The van der Waals surface area contributed by atoms with Crippen molar-refractivity contribution in [2.75, 3.05) is 20.3 Å². The fourth-order valence-electron chi connectivity index (χ4n) is 2.35. The van der Waals surface area contributed by atoms with Crippen LogP contribution < -0.4 is 0 Å². The molecule has 0 aliphatic carbocycles. The largest absolute Gasteiger partial charge is 0.466 e. The highest BCUT2D eigenvalue weighted by Gasteiger charge is 2.33. The van der Waals surface area contributed by atoms with Gasteiger partial charge in [0.1, 0.15) is 12.2 Å². The Morgan fingerprint density at radius 3 is 2.53 bits per heavy atom. The third kappa shape index (κ3) is 4.22. The van der Waals surface area contributed by atoms with Gasteiger partial charge in [0.25, 0.3) is 0 Å². The average molecular weight is 271 g/mol. The van der Waals surface area contributed by atoms with Gasteiger partial charge < -0.3 is 14.4 Å². The molecule has 1 aliphatic rings. The van der Waals surface area contributed by atoms with Crippen LogP contribution in [-0.4, -0.2) is 49.0 Å². The second-order valence-corrected chi connectivity index (χ2v) is 4.68. The first kappa shape index (κ1) is 15.5. The summed E-state index contributed by atoms with van der Waals surface area (Å²) >= 11 is 0. The Morgan fingerprint density at radius 1 is 1.32 bits per heavy atom. The summed E-state index contributed by atoms with van der Waals surface area (Å²) < 4.78 is 9.44. The number of carbonyl (C=O) groups is 3. The monoisotopic (exact) mass is 271 g/mol. The molecule has 0 radical (unpaired) electrons. The molecule has 0 saturated carbocycles.